The van der Waals surface area contributed by atoms with E-state index in [4.69, 9.17) is 4.74 Å². The second kappa shape index (κ2) is 7.08. The van der Waals surface area contributed by atoms with Gasteiger partial charge in [-0.2, -0.15) is 0 Å². The average Bonchev–Trinajstić information content (AvgIpc) is 2.95. The predicted molar refractivity (Wildman–Crippen MR) is 76.0 cm³/mol. The van der Waals surface area contributed by atoms with Gasteiger partial charge in [0.2, 0.25) is 5.91 Å². The lowest BCUT2D eigenvalue weighted by atomic mass is 10.0. The van der Waals surface area contributed by atoms with Gasteiger partial charge in [0, 0.05) is 13.0 Å². The van der Waals surface area contributed by atoms with Gasteiger partial charge in [-0.25, -0.2) is 0 Å². The van der Waals surface area contributed by atoms with Gasteiger partial charge in [0.25, 0.3) is 0 Å². The number of carbonyl (C=O) groups is 2. The minimum absolute atomic E-state index is 0.0457. The summed E-state index contributed by atoms with van der Waals surface area (Å²) in [5.41, 5.74) is 1.18. The van der Waals surface area contributed by atoms with Gasteiger partial charge in [0.15, 0.2) is 0 Å². The van der Waals surface area contributed by atoms with Crippen molar-refractivity contribution in [2.24, 2.45) is 0 Å². The highest BCUT2D eigenvalue weighted by atomic mass is 16.5. The van der Waals surface area contributed by atoms with Crippen molar-refractivity contribution in [1.29, 1.82) is 0 Å². The van der Waals surface area contributed by atoms with E-state index in [0.29, 0.717) is 6.61 Å². The Morgan fingerprint density at radius 1 is 1.25 bits per heavy atom. The summed E-state index contributed by atoms with van der Waals surface area (Å²) in [4.78, 5) is 25.5. The van der Waals surface area contributed by atoms with Crippen molar-refractivity contribution in [3.05, 3.63) is 35.9 Å². The van der Waals surface area contributed by atoms with Crippen molar-refractivity contribution in [2.45, 2.75) is 38.6 Å². The summed E-state index contributed by atoms with van der Waals surface area (Å²) in [6, 6.07) is 10.2. The minimum Gasteiger partial charge on any atom is -0.466 e. The van der Waals surface area contributed by atoms with Crippen LogP contribution in [0.25, 0.3) is 0 Å². The maximum atomic E-state index is 12.3. The number of hydrogen-bond acceptors (Lipinski definition) is 3. The van der Waals surface area contributed by atoms with E-state index in [0.717, 1.165) is 19.4 Å². The van der Waals surface area contributed by atoms with Crippen molar-refractivity contribution >= 4 is 11.9 Å². The molecule has 1 unspecified atom stereocenters. The molecule has 4 heteroatoms. The molecule has 1 saturated heterocycles. The van der Waals surface area contributed by atoms with Crippen molar-refractivity contribution in [2.75, 3.05) is 13.2 Å². The van der Waals surface area contributed by atoms with Crippen LogP contribution in [0.3, 0.4) is 0 Å². The summed E-state index contributed by atoms with van der Waals surface area (Å²) in [6.07, 6.45) is 2.42. The van der Waals surface area contributed by atoms with Crippen molar-refractivity contribution in [3.63, 3.8) is 0 Å². The number of esters is 1. The Hall–Kier alpha value is -1.84. The summed E-state index contributed by atoms with van der Waals surface area (Å²) in [5.74, 6) is -0.249. The maximum absolute atomic E-state index is 12.3. The van der Waals surface area contributed by atoms with Gasteiger partial charge in [-0.1, -0.05) is 30.3 Å². The highest BCUT2D eigenvalue weighted by Crippen LogP contribution is 2.32. The zero-order valence-electron chi connectivity index (χ0n) is 11.9. The summed E-state index contributed by atoms with van der Waals surface area (Å²) in [7, 11) is 0. The molecule has 1 aromatic carbocycles. The Morgan fingerprint density at radius 2 is 2.00 bits per heavy atom. The molecule has 1 fully saturated rings. The Bertz CT molecular complexity index is 458. The van der Waals surface area contributed by atoms with E-state index >= 15 is 0 Å². The standard InChI is InChI=1S/C16H21NO3/c1-2-20-16(19)11-10-15(18)17-12-6-9-14(17)13-7-4-3-5-8-13/h3-5,7-8,14H,2,6,9-12H2,1H3. The van der Waals surface area contributed by atoms with Crippen LogP contribution in [0.5, 0.6) is 0 Å². The van der Waals surface area contributed by atoms with E-state index < -0.39 is 0 Å². The molecule has 0 N–H and O–H groups in total. The fourth-order valence-electron chi connectivity index (χ4n) is 2.67. The topological polar surface area (TPSA) is 46.6 Å². The smallest absolute Gasteiger partial charge is 0.306 e. The highest BCUT2D eigenvalue weighted by molar-refractivity contribution is 5.81. The molecule has 1 aromatic rings. The number of likely N-dealkylation sites (tertiary alicyclic amines) is 1. The molecule has 0 aliphatic carbocycles. The number of hydrogen-bond donors (Lipinski definition) is 0. The van der Waals surface area contributed by atoms with Crippen molar-refractivity contribution in [1.82, 2.24) is 4.90 Å². The van der Waals surface area contributed by atoms with Gasteiger partial charge in [-0.3, -0.25) is 9.59 Å². The third kappa shape index (κ3) is 3.59. The molecule has 2 rings (SSSR count). The van der Waals surface area contributed by atoms with Gasteiger partial charge >= 0.3 is 5.97 Å². The van der Waals surface area contributed by atoms with Crippen LogP contribution in [-0.2, 0) is 14.3 Å². The lowest BCUT2D eigenvalue weighted by molar-refractivity contribution is -0.145. The van der Waals surface area contributed by atoms with Gasteiger partial charge in [0.05, 0.1) is 19.1 Å². The Morgan fingerprint density at radius 3 is 2.70 bits per heavy atom. The molecular weight excluding hydrogens is 254 g/mol. The predicted octanol–water partition coefficient (Wildman–Crippen LogP) is 2.69. The number of ether oxygens (including phenoxy) is 1. The first kappa shape index (κ1) is 14.6. The molecule has 0 aromatic heterocycles. The van der Waals surface area contributed by atoms with Gasteiger partial charge < -0.3 is 9.64 Å². The zero-order chi connectivity index (χ0) is 14.4. The normalized spacial score (nSPS) is 18.1. The van der Waals surface area contributed by atoms with Gasteiger partial charge in [0.1, 0.15) is 0 Å². The number of rotatable bonds is 5. The van der Waals surface area contributed by atoms with Crippen LogP contribution in [-0.4, -0.2) is 29.9 Å². The zero-order valence-corrected chi connectivity index (χ0v) is 11.9. The molecule has 1 atom stereocenters. The fourth-order valence-corrected chi connectivity index (χ4v) is 2.67. The number of carbonyl (C=O) groups excluding carboxylic acids is 2. The van der Waals surface area contributed by atoms with Gasteiger partial charge in [-0.15, -0.1) is 0 Å². The first-order chi connectivity index (χ1) is 9.72. The van der Waals surface area contributed by atoms with E-state index in [1.165, 1.54) is 5.56 Å². The molecule has 0 bridgehead atoms. The van der Waals surface area contributed by atoms with Crippen LogP contribution in [0.1, 0.15) is 44.2 Å². The number of amides is 1. The van der Waals surface area contributed by atoms with Crippen LogP contribution in [0.15, 0.2) is 30.3 Å². The van der Waals surface area contributed by atoms with Crippen molar-refractivity contribution < 1.29 is 14.3 Å². The fraction of sp³-hybridized carbons (Fsp3) is 0.500. The van der Waals surface area contributed by atoms with Crippen LogP contribution in [0, 0.1) is 0 Å². The molecule has 4 nitrogen and oxygen atoms in total. The molecule has 1 aliphatic heterocycles. The molecular formula is C16H21NO3. The second-order valence-electron chi connectivity index (χ2n) is 4.96. The third-order valence-corrected chi connectivity index (χ3v) is 3.61. The molecule has 0 spiro atoms. The minimum atomic E-state index is -0.295. The Kier molecular flexibility index (Phi) is 5.16. The van der Waals surface area contributed by atoms with E-state index in [2.05, 4.69) is 12.1 Å². The lowest BCUT2D eigenvalue weighted by Crippen LogP contribution is -2.30. The summed E-state index contributed by atoms with van der Waals surface area (Å²) in [6.45, 7) is 2.91. The molecule has 20 heavy (non-hydrogen) atoms. The second-order valence-corrected chi connectivity index (χ2v) is 4.96. The Labute approximate surface area is 119 Å². The largest absolute Gasteiger partial charge is 0.466 e. The molecule has 0 radical (unpaired) electrons. The van der Waals surface area contributed by atoms with E-state index in [9.17, 15) is 9.59 Å². The molecule has 108 valence electrons. The lowest BCUT2D eigenvalue weighted by Gasteiger charge is -2.25. The SMILES string of the molecule is CCOC(=O)CCC(=O)N1CCCC1c1ccccc1. The van der Waals surface area contributed by atoms with Crippen LogP contribution < -0.4 is 0 Å². The average molecular weight is 275 g/mol. The number of nitrogens with zero attached hydrogens (tertiary/aromatic N) is 1. The quantitative estimate of drug-likeness (QED) is 0.776. The first-order valence-corrected chi connectivity index (χ1v) is 7.22. The van der Waals surface area contributed by atoms with Crippen molar-refractivity contribution in [3.8, 4) is 0 Å². The molecule has 1 aliphatic rings. The number of benzene rings is 1. The summed E-state index contributed by atoms with van der Waals surface area (Å²) in [5, 5.41) is 0. The summed E-state index contributed by atoms with van der Waals surface area (Å²) >= 11 is 0. The Balaban J connectivity index is 1.93. The summed E-state index contributed by atoms with van der Waals surface area (Å²) < 4.78 is 4.86. The molecule has 1 heterocycles. The van der Waals surface area contributed by atoms with Crippen LogP contribution in [0.2, 0.25) is 0 Å². The van der Waals surface area contributed by atoms with E-state index in [1.807, 2.05) is 23.1 Å². The van der Waals surface area contributed by atoms with Gasteiger partial charge in [-0.05, 0) is 25.3 Å². The maximum Gasteiger partial charge on any atom is 0.306 e. The monoisotopic (exact) mass is 275 g/mol. The molecule has 1 amide bonds. The van der Waals surface area contributed by atoms with Crippen LogP contribution >= 0.6 is 0 Å². The third-order valence-electron chi connectivity index (χ3n) is 3.61. The first-order valence-electron chi connectivity index (χ1n) is 7.22. The van der Waals surface area contributed by atoms with E-state index in [1.54, 1.807) is 6.92 Å². The van der Waals surface area contributed by atoms with Crippen LogP contribution in [0.4, 0.5) is 0 Å². The molecule has 0 saturated carbocycles. The van der Waals surface area contributed by atoms with E-state index in [-0.39, 0.29) is 30.8 Å². The highest BCUT2D eigenvalue weighted by Gasteiger charge is 2.29.